The minimum Gasteiger partial charge on any atom is -0.378 e. The van der Waals surface area contributed by atoms with Gasteiger partial charge < -0.3 is 9.64 Å². The first-order chi connectivity index (χ1) is 16.9. The Bertz CT molecular complexity index is 1500. The van der Waals surface area contributed by atoms with E-state index in [4.69, 9.17) is 21.3 Å². The maximum Gasteiger partial charge on any atom is 0.161 e. The van der Waals surface area contributed by atoms with Crippen LogP contribution in [0.3, 0.4) is 0 Å². The monoisotopic (exact) mass is 494 g/mol. The fourth-order valence-corrected chi connectivity index (χ4v) is 5.44. The van der Waals surface area contributed by atoms with E-state index in [1.807, 2.05) is 0 Å². The maximum absolute atomic E-state index is 14.2. The van der Waals surface area contributed by atoms with Crippen molar-refractivity contribution < 1.29 is 13.5 Å². The highest BCUT2D eigenvalue weighted by molar-refractivity contribution is 6.31. The topological polar surface area (TPSA) is 79.8 Å². The number of aromatic amines is 1. The van der Waals surface area contributed by atoms with Crippen LogP contribution in [0.1, 0.15) is 37.4 Å². The van der Waals surface area contributed by atoms with Crippen molar-refractivity contribution in [2.24, 2.45) is 5.41 Å². The van der Waals surface area contributed by atoms with E-state index in [2.05, 4.69) is 43.8 Å². The molecule has 2 fully saturated rings. The van der Waals surface area contributed by atoms with Crippen molar-refractivity contribution in [2.75, 3.05) is 24.6 Å². The molecule has 1 spiro atoms. The number of hydrogen-bond acceptors (Lipinski definition) is 6. The van der Waals surface area contributed by atoms with Crippen LogP contribution in [0.5, 0.6) is 0 Å². The molecular weight excluding hydrogens is 474 g/mol. The molecule has 2 aliphatic rings. The number of nitrogens with one attached hydrogen (secondary N) is 1. The summed E-state index contributed by atoms with van der Waals surface area (Å²) in [5.41, 5.74) is 1.68. The van der Waals surface area contributed by atoms with Gasteiger partial charge in [0.2, 0.25) is 0 Å². The standard InChI is InChI=1S/C25H21ClF2N6O/c1-14-10-25(12-35-14)4-6-34(7-5-25)24-17-11-29-13-30-22(17)21-20(32-33-23(21)31-24)3-2-16-18(26)8-15(27)9-19(16)28/h8-9,11,13-14H,4-7,10,12H2,1H3,(H,31,32,33)/t14-/m0/s1. The second-order valence-corrected chi connectivity index (χ2v) is 9.73. The lowest BCUT2D eigenvalue weighted by Crippen LogP contribution is -2.41. The van der Waals surface area contributed by atoms with Crippen molar-refractivity contribution in [1.29, 1.82) is 0 Å². The van der Waals surface area contributed by atoms with Gasteiger partial charge in [-0.2, -0.15) is 5.10 Å². The fourth-order valence-electron chi connectivity index (χ4n) is 5.20. The number of halogens is 3. The molecule has 1 atom stereocenters. The Hall–Kier alpha value is -3.35. The number of aromatic nitrogens is 5. The predicted octanol–water partition coefficient (Wildman–Crippen LogP) is 4.63. The average Bonchev–Trinajstić information content (AvgIpc) is 3.42. The Morgan fingerprint density at radius 2 is 2.06 bits per heavy atom. The van der Waals surface area contributed by atoms with E-state index >= 15 is 0 Å². The minimum atomic E-state index is -0.833. The van der Waals surface area contributed by atoms with Crippen LogP contribution < -0.4 is 4.90 Å². The van der Waals surface area contributed by atoms with Gasteiger partial charge in [0.15, 0.2) is 5.65 Å². The Morgan fingerprint density at radius 3 is 2.80 bits per heavy atom. The van der Waals surface area contributed by atoms with Gasteiger partial charge in [0.05, 0.1) is 39.6 Å². The first kappa shape index (κ1) is 22.1. The van der Waals surface area contributed by atoms with E-state index in [0.29, 0.717) is 28.3 Å². The summed E-state index contributed by atoms with van der Waals surface area (Å²) < 4.78 is 33.4. The van der Waals surface area contributed by atoms with Gasteiger partial charge in [-0.3, -0.25) is 5.10 Å². The number of hydrogen-bond donors (Lipinski definition) is 1. The number of pyridine rings is 1. The Labute approximate surface area is 204 Å². The number of nitrogens with zero attached hydrogens (tertiary/aromatic N) is 5. The van der Waals surface area contributed by atoms with Gasteiger partial charge in [0.1, 0.15) is 29.5 Å². The second kappa shape index (κ2) is 8.40. The van der Waals surface area contributed by atoms with Crippen LogP contribution in [-0.2, 0) is 4.74 Å². The predicted molar refractivity (Wildman–Crippen MR) is 128 cm³/mol. The van der Waals surface area contributed by atoms with Crippen LogP contribution in [0.25, 0.3) is 21.9 Å². The van der Waals surface area contributed by atoms with Crippen LogP contribution in [-0.4, -0.2) is 50.9 Å². The van der Waals surface area contributed by atoms with Crippen molar-refractivity contribution in [3.05, 3.63) is 52.6 Å². The molecule has 5 heterocycles. The maximum atomic E-state index is 14.2. The minimum absolute atomic E-state index is 0.0971. The molecule has 1 aromatic carbocycles. The summed E-state index contributed by atoms with van der Waals surface area (Å²) in [6.07, 6.45) is 6.70. The van der Waals surface area contributed by atoms with Gasteiger partial charge in [0.25, 0.3) is 0 Å². The molecule has 6 rings (SSSR count). The van der Waals surface area contributed by atoms with Crippen molar-refractivity contribution in [3.8, 4) is 11.8 Å². The molecule has 0 amide bonds. The normalized spacial score (nSPS) is 19.4. The zero-order chi connectivity index (χ0) is 24.2. The van der Waals surface area contributed by atoms with Gasteiger partial charge in [-0.25, -0.2) is 23.7 Å². The molecule has 4 aromatic rings. The number of benzene rings is 1. The molecule has 178 valence electrons. The molecule has 0 saturated carbocycles. The highest BCUT2D eigenvalue weighted by Crippen LogP contribution is 2.43. The molecule has 0 unspecified atom stereocenters. The lowest BCUT2D eigenvalue weighted by Gasteiger charge is -2.39. The highest BCUT2D eigenvalue weighted by Gasteiger charge is 2.41. The van der Waals surface area contributed by atoms with Crippen molar-refractivity contribution in [3.63, 3.8) is 0 Å². The molecule has 3 aromatic heterocycles. The molecule has 2 saturated heterocycles. The van der Waals surface area contributed by atoms with Gasteiger partial charge >= 0.3 is 0 Å². The molecule has 7 nitrogen and oxygen atoms in total. The van der Waals surface area contributed by atoms with Gasteiger partial charge in [-0.1, -0.05) is 17.5 Å². The van der Waals surface area contributed by atoms with Crippen molar-refractivity contribution >= 4 is 39.4 Å². The van der Waals surface area contributed by atoms with Gasteiger partial charge in [-0.05, 0) is 43.6 Å². The molecule has 1 N–H and O–H groups in total. The summed E-state index contributed by atoms with van der Waals surface area (Å²) >= 11 is 5.99. The second-order valence-electron chi connectivity index (χ2n) is 9.32. The Kier molecular flexibility index (Phi) is 5.31. The van der Waals surface area contributed by atoms with Gasteiger partial charge in [0, 0.05) is 25.4 Å². The van der Waals surface area contributed by atoms with Crippen molar-refractivity contribution in [2.45, 2.75) is 32.3 Å². The smallest absolute Gasteiger partial charge is 0.161 e. The summed E-state index contributed by atoms with van der Waals surface area (Å²) in [7, 11) is 0. The number of H-pyrrole nitrogens is 1. The molecule has 10 heteroatoms. The summed E-state index contributed by atoms with van der Waals surface area (Å²) in [6, 6.07) is 1.77. The van der Waals surface area contributed by atoms with E-state index in [9.17, 15) is 8.78 Å². The zero-order valence-electron chi connectivity index (χ0n) is 18.9. The number of ether oxygens (including phenoxy) is 1. The van der Waals surface area contributed by atoms with Crippen molar-refractivity contribution in [1.82, 2.24) is 25.1 Å². The molecule has 0 aliphatic carbocycles. The van der Waals surface area contributed by atoms with Crippen LogP contribution in [0.15, 0.2) is 24.7 Å². The lowest BCUT2D eigenvalue weighted by molar-refractivity contribution is 0.0976. The summed E-state index contributed by atoms with van der Waals surface area (Å²) in [5.74, 6) is 4.72. The quantitative estimate of drug-likeness (QED) is 0.389. The third-order valence-electron chi connectivity index (χ3n) is 6.99. The average molecular weight is 495 g/mol. The lowest BCUT2D eigenvalue weighted by atomic mass is 9.77. The Morgan fingerprint density at radius 1 is 1.23 bits per heavy atom. The van der Waals surface area contributed by atoms with Crippen LogP contribution in [0, 0.1) is 28.9 Å². The van der Waals surface area contributed by atoms with E-state index in [1.165, 1.54) is 6.33 Å². The van der Waals surface area contributed by atoms with Crippen LogP contribution in [0.2, 0.25) is 5.02 Å². The largest absolute Gasteiger partial charge is 0.378 e. The Balaban J connectivity index is 1.39. The molecule has 0 radical (unpaired) electrons. The summed E-state index contributed by atoms with van der Waals surface area (Å²) in [4.78, 5) is 15.9. The first-order valence-corrected chi connectivity index (χ1v) is 11.8. The van der Waals surface area contributed by atoms with E-state index in [-0.39, 0.29) is 16.0 Å². The fraction of sp³-hybridized carbons (Fsp3) is 0.360. The number of fused-ring (bicyclic) bond motifs is 3. The number of piperidine rings is 1. The SMILES string of the molecule is C[C@H]1CC2(CCN(c3nc4[nH]nc(C#Cc5c(F)cc(F)cc5Cl)c4c4ncncc34)CC2)CO1. The summed E-state index contributed by atoms with van der Waals surface area (Å²) in [6.45, 7) is 4.68. The van der Waals surface area contributed by atoms with E-state index in [1.54, 1.807) is 6.20 Å². The third kappa shape index (κ3) is 3.87. The zero-order valence-corrected chi connectivity index (χ0v) is 19.7. The first-order valence-electron chi connectivity index (χ1n) is 11.4. The van der Waals surface area contributed by atoms with Crippen LogP contribution in [0.4, 0.5) is 14.6 Å². The molecule has 2 aliphatic heterocycles. The molecule has 35 heavy (non-hydrogen) atoms. The number of anilines is 1. The number of rotatable bonds is 1. The van der Waals surface area contributed by atoms with E-state index in [0.717, 1.165) is 62.3 Å². The third-order valence-corrected chi connectivity index (χ3v) is 7.28. The highest BCUT2D eigenvalue weighted by atomic mass is 35.5. The molecule has 0 bridgehead atoms. The summed E-state index contributed by atoms with van der Waals surface area (Å²) in [5, 5.41) is 8.53. The van der Waals surface area contributed by atoms with Gasteiger partial charge in [-0.15, -0.1) is 0 Å². The van der Waals surface area contributed by atoms with Crippen LogP contribution >= 0.6 is 11.6 Å². The molecular formula is C25H21ClF2N6O. The van der Waals surface area contributed by atoms with E-state index < -0.39 is 11.6 Å².